The van der Waals surface area contributed by atoms with E-state index in [0.29, 0.717) is 0 Å². The van der Waals surface area contributed by atoms with Crippen LogP contribution >= 0.6 is 0 Å². The standard InChI is InChI=1S/C29H35N2O/c1-6-7-20-31-27-19-18-23(2)22-26(27)29(4,5)28(31)17-13-8-9-14-21-30(24(3)32)25-15-11-10-12-16-25/h8-19,21-22H,6-7,20H2,1-5H3/q+1. The van der Waals surface area contributed by atoms with Crippen molar-refractivity contribution >= 4 is 23.0 Å². The van der Waals surface area contributed by atoms with Crippen LogP contribution in [0.2, 0.25) is 0 Å². The number of rotatable bonds is 8. The molecule has 0 fully saturated rings. The van der Waals surface area contributed by atoms with Crippen molar-refractivity contribution in [2.24, 2.45) is 0 Å². The summed E-state index contributed by atoms with van der Waals surface area (Å²) in [5, 5.41) is 0. The molecule has 0 N–H and O–H groups in total. The second kappa shape index (κ2) is 10.4. The van der Waals surface area contributed by atoms with E-state index in [4.69, 9.17) is 0 Å². The second-order valence-electron chi connectivity index (χ2n) is 8.85. The molecule has 0 unspecified atom stereocenters. The molecular weight excluding hydrogens is 392 g/mol. The molecule has 0 spiro atoms. The normalized spacial score (nSPS) is 15.3. The fraction of sp³-hybridized carbons (Fsp3) is 0.310. The SMILES string of the molecule is CCCC[N+]1=C(/C=C/C=C/C=C/N(C(C)=O)c2ccccc2)C(C)(C)c2cc(C)ccc21. The Hall–Kier alpha value is -3.20. The molecule has 3 rings (SSSR count). The van der Waals surface area contributed by atoms with E-state index in [0.717, 1.165) is 12.2 Å². The van der Waals surface area contributed by atoms with Gasteiger partial charge in [0.15, 0.2) is 5.71 Å². The highest BCUT2D eigenvalue weighted by atomic mass is 16.2. The van der Waals surface area contributed by atoms with Crippen LogP contribution in [0.25, 0.3) is 0 Å². The van der Waals surface area contributed by atoms with Crippen LogP contribution in [0.1, 0.15) is 51.7 Å². The lowest BCUT2D eigenvalue weighted by Gasteiger charge is -2.15. The van der Waals surface area contributed by atoms with Crippen LogP contribution in [-0.2, 0) is 10.2 Å². The number of unbranched alkanes of at least 4 members (excludes halogenated alkanes) is 1. The lowest BCUT2D eigenvalue weighted by atomic mass is 9.81. The molecule has 0 saturated heterocycles. The van der Waals surface area contributed by atoms with Gasteiger partial charge in [0.05, 0.1) is 5.41 Å². The number of aryl methyl sites for hydroxylation is 1. The summed E-state index contributed by atoms with van der Waals surface area (Å²) in [6, 6.07) is 16.5. The molecule has 0 aliphatic carbocycles. The molecule has 2 aromatic carbocycles. The minimum absolute atomic E-state index is 0.0146. The van der Waals surface area contributed by atoms with Gasteiger partial charge >= 0.3 is 0 Å². The maximum Gasteiger partial charge on any atom is 0.227 e. The molecule has 0 radical (unpaired) electrons. The molecule has 0 atom stereocenters. The molecule has 3 heteroatoms. The van der Waals surface area contributed by atoms with Crippen molar-refractivity contribution in [1.29, 1.82) is 0 Å². The summed E-state index contributed by atoms with van der Waals surface area (Å²) in [6.45, 7) is 11.6. The fourth-order valence-corrected chi connectivity index (χ4v) is 4.22. The zero-order chi connectivity index (χ0) is 23.1. The monoisotopic (exact) mass is 427 g/mol. The van der Waals surface area contributed by atoms with Crippen LogP contribution in [-0.4, -0.2) is 22.7 Å². The first-order chi connectivity index (χ1) is 15.4. The molecule has 0 bridgehead atoms. The predicted octanol–water partition coefficient (Wildman–Crippen LogP) is 6.85. The molecule has 1 aliphatic rings. The molecule has 0 aromatic heterocycles. The summed E-state index contributed by atoms with van der Waals surface area (Å²) in [5.74, 6) is -0.0146. The molecule has 1 aliphatic heterocycles. The first kappa shape index (κ1) is 23.5. The number of nitrogens with zero attached hydrogens (tertiary/aromatic N) is 2. The van der Waals surface area contributed by atoms with Gasteiger partial charge in [0, 0.05) is 42.9 Å². The highest BCUT2D eigenvalue weighted by Crippen LogP contribution is 2.40. The van der Waals surface area contributed by atoms with E-state index in [1.54, 1.807) is 18.0 Å². The quantitative estimate of drug-likeness (QED) is 0.334. The zero-order valence-electron chi connectivity index (χ0n) is 20.0. The van der Waals surface area contributed by atoms with E-state index in [2.05, 4.69) is 62.6 Å². The number of carbonyl (C=O) groups excluding carboxylic acids is 1. The minimum atomic E-state index is -0.0337. The largest absolute Gasteiger partial charge is 0.288 e. The number of para-hydroxylation sites is 1. The number of allylic oxidation sites excluding steroid dienone is 5. The second-order valence-corrected chi connectivity index (χ2v) is 8.85. The molecular formula is C29H35N2O+. The number of hydrogen-bond donors (Lipinski definition) is 0. The Morgan fingerprint density at radius 1 is 1.03 bits per heavy atom. The van der Waals surface area contributed by atoms with Gasteiger partial charge in [-0.3, -0.25) is 9.69 Å². The fourth-order valence-electron chi connectivity index (χ4n) is 4.22. The van der Waals surface area contributed by atoms with Crippen LogP contribution in [0.5, 0.6) is 0 Å². The van der Waals surface area contributed by atoms with Crippen molar-refractivity contribution in [3.63, 3.8) is 0 Å². The summed E-state index contributed by atoms with van der Waals surface area (Å²) in [7, 11) is 0. The third kappa shape index (κ3) is 5.16. The van der Waals surface area contributed by atoms with E-state index in [-0.39, 0.29) is 11.3 Å². The molecule has 166 valence electrons. The van der Waals surface area contributed by atoms with Gasteiger partial charge in [0.2, 0.25) is 11.6 Å². The Labute approximate surface area is 193 Å². The highest BCUT2D eigenvalue weighted by Gasteiger charge is 2.43. The van der Waals surface area contributed by atoms with E-state index < -0.39 is 0 Å². The van der Waals surface area contributed by atoms with Crippen molar-refractivity contribution in [1.82, 2.24) is 0 Å². The number of benzene rings is 2. The van der Waals surface area contributed by atoms with Crippen LogP contribution in [0.15, 0.2) is 85.1 Å². The number of fused-ring (bicyclic) bond motifs is 1. The number of hydrogen-bond acceptors (Lipinski definition) is 1. The van der Waals surface area contributed by atoms with Gasteiger partial charge in [-0.05, 0) is 45.0 Å². The molecule has 1 amide bonds. The van der Waals surface area contributed by atoms with E-state index in [1.165, 1.54) is 35.4 Å². The molecule has 1 heterocycles. The minimum Gasteiger partial charge on any atom is -0.288 e. The van der Waals surface area contributed by atoms with Gasteiger partial charge < -0.3 is 0 Å². The summed E-state index contributed by atoms with van der Waals surface area (Å²) >= 11 is 0. The Kier molecular flexibility index (Phi) is 7.63. The third-order valence-electron chi connectivity index (χ3n) is 5.98. The third-order valence-corrected chi connectivity index (χ3v) is 5.98. The van der Waals surface area contributed by atoms with Crippen LogP contribution < -0.4 is 4.90 Å². The van der Waals surface area contributed by atoms with E-state index in [9.17, 15) is 4.79 Å². The zero-order valence-corrected chi connectivity index (χ0v) is 20.0. The molecule has 32 heavy (non-hydrogen) atoms. The number of carbonyl (C=O) groups is 1. The van der Waals surface area contributed by atoms with Gasteiger partial charge in [0.1, 0.15) is 6.54 Å². The van der Waals surface area contributed by atoms with Gasteiger partial charge in [0.25, 0.3) is 0 Å². The molecule has 2 aromatic rings. The van der Waals surface area contributed by atoms with Gasteiger partial charge in [-0.15, -0.1) is 0 Å². The van der Waals surface area contributed by atoms with Crippen molar-refractivity contribution in [2.75, 3.05) is 11.4 Å². The summed E-state index contributed by atoms with van der Waals surface area (Å²) < 4.78 is 2.48. The van der Waals surface area contributed by atoms with Gasteiger partial charge in [-0.2, -0.15) is 4.58 Å². The summed E-state index contributed by atoms with van der Waals surface area (Å²) in [4.78, 5) is 13.6. The highest BCUT2D eigenvalue weighted by molar-refractivity contribution is 6.03. The van der Waals surface area contributed by atoms with E-state index >= 15 is 0 Å². The molecule has 0 saturated carbocycles. The van der Waals surface area contributed by atoms with E-state index in [1.807, 2.05) is 48.6 Å². The Balaban J connectivity index is 1.80. The maximum absolute atomic E-state index is 12.0. The van der Waals surface area contributed by atoms with Crippen LogP contribution in [0.3, 0.4) is 0 Å². The number of amides is 1. The Morgan fingerprint density at radius 3 is 2.44 bits per heavy atom. The van der Waals surface area contributed by atoms with Crippen molar-refractivity contribution in [3.8, 4) is 0 Å². The van der Waals surface area contributed by atoms with Gasteiger partial charge in [-0.25, -0.2) is 0 Å². The van der Waals surface area contributed by atoms with Crippen molar-refractivity contribution in [3.05, 3.63) is 96.2 Å². The first-order valence-electron chi connectivity index (χ1n) is 11.5. The van der Waals surface area contributed by atoms with Crippen molar-refractivity contribution in [2.45, 2.75) is 52.9 Å². The Bertz CT molecular complexity index is 1070. The average Bonchev–Trinajstić information content (AvgIpc) is 2.97. The van der Waals surface area contributed by atoms with Crippen LogP contribution in [0, 0.1) is 6.92 Å². The lowest BCUT2D eigenvalue weighted by molar-refractivity contribution is -0.438. The summed E-state index contributed by atoms with van der Waals surface area (Å²) in [6.07, 6.45) is 14.4. The predicted molar refractivity (Wildman–Crippen MR) is 136 cm³/mol. The van der Waals surface area contributed by atoms with Gasteiger partial charge in [-0.1, -0.05) is 61.4 Å². The smallest absolute Gasteiger partial charge is 0.227 e. The van der Waals surface area contributed by atoms with Crippen molar-refractivity contribution < 1.29 is 9.37 Å². The van der Waals surface area contributed by atoms with Crippen LogP contribution in [0.4, 0.5) is 11.4 Å². The Morgan fingerprint density at radius 2 is 1.75 bits per heavy atom. The molecule has 3 nitrogen and oxygen atoms in total. The maximum atomic E-state index is 12.0. The first-order valence-corrected chi connectivity index (χ1v) is 11.5. The summed E-state index contributed by atoms with van der Waals surface area (Å²) in [5.41, 5.74) is 6.19. The average molecular weight is 428 g/mol. The topological polar surface area (TPSA) is 23.3 Å². The number of anilines is 1. The lowest BCUT2D eigenvalue weighted by Crippen LogP contribution is -2.27.